The molecule has 0 N–H and O–H groups in total. The third-order valence-electron chi connectivity index (χ3n) is 2.73. The van der Waals surface area contributed by atoms with Gasteiger partial charge in [0.1, 0.15) is 5.56 Å². The maximum Gasteiger partial charge on any atom is 0.259 e. The van der Waals surface area contributed by atoms with Gasteiger partial charge in [-0.15, -0.1) is 0 Å². The number of carbonyl (C=O) groups is 1. The predicted molar refractivity (Wildman–Crippen MR) is 71.9 cm³/mol. The zero-order valence-corrected chi connectivity index (χ0v) is 11.5. The Labute approximate surface area is 109 Å². The van der Waals surface area contributed by atoms with Gasteiger partial charge in [0.05, 0.1) is 6.61 Å². The highest BCUT2D eigenvalue weighted by atomic mass is 16.5. The average Bonchev–Trinajstić information content (AvgIpc) is 2.40. The van der Waals surface area contributed by atoms with E-state index < -0.39 is 0 Å². The molecule has 0 aliphatic heterocycles. The molecular formula is C14H22N2O2. The molecule has 0 unspecified atom stereocenters. The van der Waals surface area contributed by atoms with Gasteiger partial charge in [-0.2, -0.15) is 0 Å². The van der Waals surface area contributed by atoms with Gasteiger partial charge in [0.15, 0.2) is 0 Å². The number of rotatable bonds is 7. The first-order valence-electron chi connectivity index (χ1n) is 6.61. The third-order valence-corrected chi connectivity index (χ3v) is 2.73. The van der Waals surface area contributed by atoms with Crippen LogP contribution in [0.5, 0.6) is 5.88 Å². The maximum atomic E-state index is 12.4. The smallest absolute Gasteiger partial charge is 0.259 e. The van der Waals surface area contributed by atoms with Crippen molar-refractivity contribution in [1.29, 1.82) is 0 Å². The maximum absolute atomic E-state index is 12.4. The lowest BCUT2D eigenvalue weighted by molar-refractivity contribution is 0.0757. The van der Waals surface area contributed by atoms with Gasteiger partial charge >= 0.3 is 0 Å². The second-order valence-corrected chi connectivity index (χ2v) is 4.03. The van der Waals surface area contributed by atoms with Crippen LogP contribution in [0.4, 0.5) is 0 Å². The number of unbranched alkanes of at least 4 members (excludes halogenated alkanes) is 1. The highest BCUT2D eigenvalue weighted by Gasteiger charge is 2.18. The van der Waals surface area contributed by atoms with Crippen molar-refractivity contribution >= 4 is 5.91 Å². The van der Waals surface area contributed by atoms with Gasteiger partial charge in [-0.1, -0.05) is 13.3 Å². The van der Waals surface area contributed by atoms with E-state index in [1.54, 1.807) is 18.3 Å². The van der Waals surface area contributed by atoms with Gasteiger partial charge in [-0.3, -0.25) is 4.79 Å². The van der Waals surface area contributed by atoms with Gasteiger partial charge in [0, 0.05) is 19.3 Å². The van der Waals surface area contributed by atoms with E-state index in [0.717, 1.165) is 19.4 Å². The number of amides is 1. The summed E-state index contributed by atoms with van der Waals surface area (Å²) >= 11 is 0. The molecule has 0 fully saturated rings. The molecule has 0 atom stereocenters. The quantitative estimate of drug-likeness (QED) is 0.747. The third kappa shape index (κ3) is 3.72. The monoisotopic (exact) mass is 250 g/mol. The van der Waals surface area contributed by atoms with E-state index >= 15 is 0 Å². The van der Waals surface area contributed by atoms with Crippen LogP contribution in [0.1, 0.15) is 44.0 Å². The molecule has 0 radical (unpaired) electrons. The second kappa shape index (κ2) is 7.69. The van der Waals surface area contributed by atoms with Crippen LogP contribution in [0.15, 0.2) is 18.3 Å². The predicted octanol–water partition coefficient (Wildman–Crippen LogP) is 2.74. The van der Waals surface area contributed by atoms with Gasteiger partial charge in [-0.05, 0) is 32.4 Å². The molecule has 1 aromatic rings. The van der Waals surface area contributed by atoms with Crippen LogP contribution >= 0.6 is 0 Å². The summed E-state index contributed by atoms with van der Waals surface area (Å²) in [5.41, 5.74) is 0.553. The van der Waals surface area contributed by atoms with E-state index in [4.69, 9.17) is 4.74 Å². The average molecular weight is 250 g/mol. The van der Waals surface area contributed by atoms with Crippen LogP contribution in [0.25, 0.3) is 0 Å². The van der Waals surface area contributed by atoms with Crippen molar-refractivity contribution in [2.75, 3.05) is 19.7 Å². The van der Waals surface area contributed by atoms with Crippen LogP contribution in [0, 0.1) is 0 Å². The highest BCUT2D eigenvalue weighted by molar-refractivity contribution is 5.96. The zero-order chi connectivity index (χ0) is 13.4. The zero-order valence-electron chi connectivity index (χ0n) is 11.5. The van der Waals surface area contributed by atoms with Crippen LogP contribution in [0.2, 0.25) is 0 Å². The summed E-state index contributed by atoms with van der Waals surface area (Å²) in [5, 5.41) is 0. The highest BCUT2D eigenvalue weighted by Crippen LogP contribution is 2.17. The molecular weight excluding hydrogens is 228 g/mol. The fourth-order valence-corrected chi connectivity index (χ4v) is 1.73. The normalized spacial score (nSPS) is 10.2. The lowest BCUT2D eigenvalue weighted by Gasteiger charge is -2.21. The molecule has 1 rings (SSSR count). The van der Waals surface area contributed by atoms with Crippen LogP contribution in [-0.4, -0.2) is 35.5 Å². The molecule has 18 heavy (non-hydrogen) atoms. The van der Waals surface area contributed by atoms with Crippen molar-refractivity contribution in [2.45, 2.75) is 33.6 Å². The summed E-state index contributed by atoms with van der Waals surface area (Å²) in [4.78, 5) is 18.3. The van der Waals surface area contributed by atoms with Crippen LogP contribution in [-0.2, 0) is 0 Å². The number of pyridine rings is 1. The lowest BCUT2D eigenvalue weighted by Crippen LogP contribution is -2.32. The Morgan fingerprint density at radius 3 is 2.78 bits per heavy atom. The largest absolute Gasteiger partial charge is 0.477 e. The first-order chi connectivity index (χ1) is 8.74. The summed E-state index contributed by atoms with van der Waals surface area (Å²) in [6.45, 7) is 8.00. The molecule has 4 heteroatoms. The molecule has 0 aliphatic carbocycles. The number of aromatic nitrogens is 1. The number of hydrogen-bond donors (Lipinski definition) is 0. The summed E-state index contributed by atoms with van der Waals surface area (Å²) in [6, 6.07) is 3.54. The standard InChI is InChI=1S/C14H22N2O2/c1-4-7-11-16(5-2)14(17)12-9-8-10-15-13(12)18-6-3/h8-10H,4-7,11H2,1-3H3. The molecule has 0 bridgehead atoms. The van der Waals surface area contributed by atoms with E-state index in [1.807, 2.05) is 18.7 Å². The van der Waals surface area contributed by atoms with E-state index in [0.29, 0.717) is 24.6 Å². The molecule has 0 saturated carbocycles. The fraction of sp³-hybridized carbons (Fsp3) is 0.571. The van der Waals surface area contributed by atoms with Crippen molar-refractivity contribution in [2.24, 2.45) is 0 Å². The Balaban J connectivity index is 2.86. The topological polar surface area (TPSA) is 42.4 Å². The Bertz CT molecular complexity index is 380. The molecule has 0 saturated heterocycles. The van der Waals surface area contributed by atoms with Gasteiger partial charge in [0.2, 0.25) is 5.88 Å². The summed E-state index contributed by atoms with van der Waals surface area (Å²) in [6.07, 6.45) is 3.74. The first kappa shape index (κ1) is 14.5. The van der Waals surface area contributed by atoms with Crippen LogP contribution in [0.3, 0.4) is 0 Å². The van der Waals surface area contributed by atoms with E-state index in [1.165, 1.54) is 0 Å². The van der Waals surface area contributed by atoms with Gasteiger partial charge in [0.25, 0.3) is 5.91 Å². The minimum atomic E-state index is 0.00231. The molecule has 0 aliphatic rings. The van der Waals surface area contributed by atoms with Crippen molar-refractivity contribution in [3.05, 3.63) is 23.9 Å². The van der Waals surface area contributed by atoms with Crippen LogP contribution < -0.4 is 4.74 Å². The molecule has 1 aromatic heterocycles. The Morgan fingerprint density at radius 1 is 1.39 bits per heavy atom. The molecule has 0 aromatic carbocycles. The molecule has 1 heterocycles. The molecule has 4 nitrogen and oxygen atoms in total. The van der Waals surface area contributed by atoms with E-state index in [-0.39, 0.29) is 5.91 Å². The summed E-state index contributed by atoms with van der Waals surface area (Å²) in [5.74, 6) is 0.433. The van der Waals surface area contributed by atoms with Crippen molar-refractivity contribution in [1.82, 2.24) is 9.88 Å². The molecule has 0 spiro atoms. The van der Waals surface area contributed by atoms with Crippen molar-refractivity contribution in [3.63, 3.8) is 0 Å². The lowest BCUT2D eigenvalue weighted by atomic mass is 10.2. The Kier molecular flexibility index (Phi) is 6.19. The Morgan fingerprint density at radius 2 is 2.17 bits per heavy atom. The second-order valence-electron chi connectivity index (χ2n) is 4.03. The van der Waals surface area contributed by atoms with E-state index in [9.17, 15) is 4.79 Å². The summed E-state index contributed by atoms with van der Waals surface area (Å²) in [7, 11) is 0. The molecule has 1 amide bonds. The number of ether oxygens (including phenoxy) is 1. The van der Waals surface area contributed by atoms with Gasteiger partial charge in [-0.25, -0.2) is 4.98 Å². The van der Waals surface area contributed by atoms with Gasteiger partial charge < -0.3 is 9.64 Å². The van der Waals surface area contributed by atoms with Crippen molar-refractivity contribution < 1.29 is 9.53 Å². The summed E-state index contributed by atoms with van der Waals surface area (Å²) < 4.78 is 5.40. The fourth-order valence-electron chi connectivity index (χ4n) is 1.73. The van der Waals surface area contributed by atoms with Crippen molar-refractivity contribution in [3.8, 4) is 5.88 Å². The Hall–Kier alpha value is -1.58. The molecule has 100 valence electrons. The number of carbonyl (C=O) groups excluding carboxylic acids is 1. The SMILES string of the molecule is CCCCN(CC)C(=O)c1cccnc1OCC. The number of nitrogens with zero attached hydrogens (tertiary/aromatic N) is 2. The minimum Gasteiger partial charge on any atom is -0.477 e. The first-order valence-corrected chi connectivity index (χ1v) is 6.61. The van der Waals surface area contributed by atoms with E-state index in [2.05, 4.69) is 11.9 Å². The number of hydrogen-bond acceptors (Lipinski definition) is 3. The minimum absolute atomic E-state index is 0.00231.